The van der Waals surface area contributed by atoms with Crippen molar-refractivity contribution in [3.8, 4) is 0 Å². The van der Waals surface area contributed by atoms with Crippen LogP contribution in [0.5, 0.6) is 0 Å². The molecule has 0 heterocycles. The van der Waals surface area contributed by atoms with E-state index >= 15 is 0 Å². The smallest absolute Gasteiger partial charge is 0.242 e. The van der Waals surface area contributed by atoms with Gasteiger partial charge in [-0.2, -0.15) is 0 Å². The van der Waals surface area contributed by atoms with E-state index in [-0.39, 0.29) is 5.91 Å². The molecule has 0 saturated carbocycles. The zero-order valence-electron chi connectivity index (χ0n) is 13.7. The molecule has 0 aliphatic heterocycles. The summed E-state index contributed by atoms with van der Waals surface area (Å²) in [4.78, 5) is 16.8. The predicted octanol–water partition coefficient (Wildman–Crippen LogP) is 1.94. The maximum Gasteiger partial charge on any atom is 0.242 e. The number of hydrogen-bond acceptors (Lipinski definition) is 3. The average molecular weight is 271 g/mol. The van der Waals surface area contributed by atoms with Crippen LogP contribution in [0.3, 0.4) is 0 Å². The van der Waals surface area contributed by atoms with Crippen molar-refractivity contribution in [3.05, 3.63) is 0 Å². The van der Waals surface area contributed by atoms with E-state index in [0.717, 1.165) is 32.7 Å². The van der Waals surface area contributed by atoms with Gasteiger partial charge in [-0.1, -0.05) is 34.6 Å². The molecule has 0 spiro atoms. The first-order valence-corrected chi connectivity index (χ1v) is 7.59. The fourth-order valence-corrected chi connectivity index (χ4v) is 2.03. The number of nitrogens with two attached hydrogens (primary N) is 1. The van der Waals surface area contributed by atoms with Crippen molar-refractivity contribution in [2.75, 3.05) is 32.7 Å². The van der Waals surface area contributed by atoms with E-state index in [1.807, 2.05) is 18.7 Å². The summed E-state index contributed by atoms with van der Waals surface area (Å²) >= 11 is 0. The molecule has 0 radical (unpaired) electrons. The molecular formula is C15H33N3O. The van der Waals surface area contributed by atoms with Crippen molar-refractivity contribution < 1.29 is 4.79 Å². The van der Waals surface area contributed by atoms with Crippen molar-refractivity contribution in [1.29, 1.82) is 0 Å². The quantitative estimate of drug-likeness (QED) is 0.697. The topological polar surface area (TPSA) is 49.6 Å². The molecule has 1 amide bonds. The summed E-state index contributed by atoms with van der Waals surface area (Å²) in [5.74, 6) is 0.546. The van der Waals surface area contributed by atoms with E-state index in [9.17, 15) is 4.79 Å². The minimum Gasteiger partial charge on any atom is -0.340 e. The van der Waals surface area contributed by atoms with Gasteiger partial charge in [0.15, 0.2) is 0 Å². The lowest BCUT2D eigenvalue weighted by Gasteiger charge is -2.33. The molecule has 0 fully saturated rings. The van der Waals surface area contributed by atoms with Gasteiger partial charge in [-0.15, -0.1) is 0 Å². The fraction of sp³-hybridized carbons (Fsp3) is 0.933. The van der Waals surface area contributed by atoms with E-state index in [4.69, 9.17) is 5.73 Å². The van der Waals surface area contributed by atoms with Gasteiger partial charge in [0, 0.05) is 19.6 Å². The summed E-state index contributed by atoms with van der Waals surface area (Å²) in [6.45, 7) is 16.9. The minimum absolute atomic E-state index is 0.0795. The van der Waals surface area contributed by atoms with Crippen LogP contribution in [0, 0.1) is 5.92 Å². The highest BCUT2D eigenvalue weighted by molar-refractivity contribution is 5.85. The molecule has 0 rings (SSSR count). The summed E-state index contributed by atoms with van der Waals surface area (Å²) in [5, 5.41) is 0. The molecule has 114 valence electrons. The summed E-state index contributed by atoms with van der Waals surface area (Å²) < 4.78 is 0. The molecule has 4 heteroatoms. The molecular weight excluding hydrogens is 238 g/mol. The third-order valence-corrected chi connectivity index (χ3v) is 3.68. The van der Waals surface area contributed by atoms with Gasteiger partial charge in [-0.25, -0.2) is 0 Å². The predicted molar refractivity (Wildman–Crippen MR) is 82.1 cm³/mol. The second-order valence-corrected chi connectivity index (χ2v) is 5.94. The van der Waals surface area contributed by atoms with Gasteiger partial charge < -0.3 is 15.5 Å². The van der Waals surface area contributed by atoms with Crippen LogP contribution in [0.25, 0.3) is 0 Å². The van der Waals surface area contributed by atoms with E-state index in [2.05, 4.69) is 32.6 Å². The highest BCUT2D eigenvalue weighted by Crippen LogP contribution is 2.12. The van der Waals surface area contributed by atoms with Gasteiger partial charge >= 0.3 is 0 Å². The van der Waals surface area contributed by atoms with Gasteiger partial charge in [0.05, 0.1) is 5.54 Å². The molecule has 4 nitrogen and oxygen atoms in total. The van der Waals surface area contributed by atoms with Gasteiger partial charge in [0.1, 0.15) is 0 Å². The van der Waals surface area contributed by atoms with Gasteiger partial charge in [-0.05, 0) is 32.4 Å². The molecule has 1 atom stereocenters. The third kappa shape index (κ3) is 6.39. The van der Waals surface area contributed by atoms with Crippen LogP contribution in [0.2, 0.25) is 0 Å². The second-order valence-electron chi connectivity index (χ2n) is 5.94. The molecule has 0 saturated heterocycles. The number of nitrogens with zero attached hydrogens (tertiary/aromatic N) is 2. The lowest BCUT2D eigenvalue weighted by Crippen LogP contribution is -2.55. The largest absolute Gasteiger partial charge is 0.340 e. The van der Waals surface area contributed by atoms with Crippen LogP contribution in [-0.4, -0.2) is 54.0 Å². The molecule has 0 bridgehead atoms. The van der Waals surface area contributed by atoms with Gasteiger partial charge in [0.25, 0.3) is 0 Å². The van der Waals surface area contributed by atoms with E-state index in [0.29, 0.717) is 12.3 Å². The summed E-state index contributed by atoms with van der Waals surface area (Å²) in [5.41, 5.74) is 5.36. The van der Waals surface area contributed by atoms with Crippen molar-refractivity contribution in [1.82, 2.24) is 9.80 Å². The molecule has 0 aliphatic carbocycles. The number of carbonyl (C=O) groups is 1. The Morgan fingerprint density at radius 1 is 1.16 bits per heavy atom. The Balaban J connectivity index is 4.67. The maximum atomic E-state index is 12.5. The SMILES string of the molecule is CCN(CC)CCN(CC(C)C)C(=O)C(C)(N)CC. The fourth-order valence-electron chi connectivity index (χ4n) is 2.03. The Hall–Kier alpha value is -0.610. The Morgan fingerprint density at radius 3 is 2.05 bits per heavy atom. The summed E-state index contributed by atoms with van der Waals surface area (Å²) in [7, 11) is 0. The highest BCUT2D eigenvalue weighted by Gasteiger charge is 2.31. The standard InChI is InChI=1S/C15H33N3O/c1-7-15(6,16)14(19)18(12-13(4)5)11-10-17(8-2)9-3/h13H,7-12,16H2,1-6H3. The van der Waals surface area contributed by atoms with Crippen LogP contribution in [0.4, 0.5) is 0 Å². The highest BCUT2D eigenvalue weighted by atomic mass is 16.2. The van der Waals surface area contributed by atoms with Crippen molar-refractivity contribution >= 4 is 5.91 Å². The molecule has 0 aliphatic rings. The molecule has 0 aromatic rings. The van der Waals surface area contributed by atoms with E-state index < -0.39 is 5.54 Å². The summed E-state index contributed by atoms with van der Waals surface area (Å²) in [6, 6.07) is 0. The number of rotatable bonds is 9. The lowest BCUT2D eigenvalue weighted by atomic mass is 9.98. The van der Waals surface area contributed by atoms with Crippen LogP contribution in [-0.2, 0) is 4.79 Å². The van der Waals surface area contributed by atoms with Crippen LogP contribution < -0.4 is 5.73 Å². The van der Waals surface area contributed by atoms with Crippen molar-refractivity contribution in [2.24, 2.45) is 11.7 Å². The first kappa shape index (κ1) is 18.4. The number of likely N-dealkylation sites (N-methyl/N-ethyl adjacent to an activating group) is 1. The first-order valence-electron chi connectivity index (χ1n) is 7.59. The second kappa shape index (κ2) is 8.54. The normalized spacial score (nSPS) is 14.8. The molecule has 1 unspecified atom stereocenters. The Labute approximate surface area is 119 Å². The number of carbonyl (C=O) groups excluding carboxylic acids is 1. The van der Waals surface area contributed by atoms with Gasteiger partial charge in [-0.3, -0.25) is 4.79 Å². The van der Waals surface area contributed by atoms with E-state index in [1.54, 1.807) is 0 Å². The average Bonchev–Trinajstić information content (AvgIpc) is 2.37. The Morgan fingerprint density at radius 2 is 1.68 bits per heavy atom. The lowest BCUT2D eigenvalue weighted by molar-refractivity contribution is -0.137. The molecule has 2 N–H and O–H groups in total. The Kier molecular flexibility index (Phi) is 8.26. The molecule has 0 aromatic carbocycles. The zero-order chi connectivity index (χ0) is 15.1. The van der Waals surface area contributed by atoms with Crippen molar-refractivity contribution in [3.63, 3.8) is 0 Å². The number of amides is 1. The minimum atomic E-state index is -0.738. The summed E-state index contributed by atoms with van der Waals surface area (Å²) in [6.07, 6.45) is 0.672. The molecule has 19 heavy (non-hydrogen) atoms. The maximum absolute atomic E-state index is 12.5. The zero-order valence-corrected chi connectivity index (χ0v) is 13.7. The monoisotopic (exact) mass is 271 g/mol. The van der Waals surface area contributed by atoms with Crippen LogP contribution in [0.1, 0.15) is 48.0 Å². The molecule has 0 aromatic heterocycles. The van der Waals surface area contributed by atoms with Gasteiger partial charge in [0.2, 0.25) is 5.91 Å². The van der Waals surface area contributed by atoms with Crippen LogP contribution in [0.15, 0.2) is 0 Å². The van der Waals surface area contributed by atoms with E-state index in [1.165, 1.54) is 0 Å². The Bertz CT molecular complexity index is 260. The number of hydrogen-bond donors (Lipinski definition) is 1. The third-order valence-electron chi connectivity index (χ3n) is 3.68. The van der Waals surface area contributed by atoms with Crippen LogP contribution >= 0.6 is 0 Å². The first-order chi connectivity index (χ1) is 8.78. The van der Waals surface area contributed by atoms with Crippen molar-refractivity contribution in [2.45, 2.75) is 53.5 Å².